The molecule has 0 unspecified atom stereocenters. The molecule has 3 nitrogen and oxygen atoms in total. The van der Waals surface area contributed by atoms with Gasteiger partial charge in [-0.3, -0.25) is 4.79 Å². The van der Waals surface area contributed by atoms with Gasteiger partial charge in [-0.2, -0.15) is 0 Å². The summed E-state index contributed by atoms with van der Waals surface area (Å²) in [4.78, 5) is 13.3. The highest BCUT2D eigenvalue weighted by Gasteiger charge is 2.03. The van der Waals surface area contributed by atoms with Crippen LogP contribution in [-0.4, -0.2) is 12.5 Å². The first-order valence-electron chi connectivity index (χ1n) is 9.03. The largest absolute Gasteiger partial charge is 0.427 e. The second kappa shape index (κ2) is 9.83. The fourth-order valence-electron chi connectivity index (χ4n) is 2.74. The Kier molecular flexibility index (Phi) is 6.94. The van der Waals surface area contributed by atoms with Crippen molar-refractivity contribution < 1.29 is 9.53 Å². The standard InChI is InChI=1S/C23H23NO2S/c1-18(25)26-21-12-6-14-23(17-21)27-22-13-5-11-20(16-22)24-15-7-10-19-8-3-2-4-9-19/h2-6,8-9,11-14,16-17,24H,7,10,15H2,1H3. The van der Waals surface area contributed by atoms with E-state index in [1.165, 1.54) is 12.5 Å². The summed E-state index contributed by atoms with van der Waals surface area (Å²) in [5.74, 6) is 0.265. The quantitative estimate of drug-likeness (QED) is 0.305. The molecule has 0 aromatic heterocycles. The van der Waals surface area contributed by atoms with E-state index in [4.69, 9.17) is 4.74 Å². The highest BCUT2D eigenvalue weighted by molar-refractivity contribution is 7.99. The number of carbonyl (C=O) groups excluding carboxylic acids is 1. The van der Waals surface area contributed by atoms with Crippen molar-refractivity contribution in [2.24, 2.45) is 0 Å². The summed E-state index contributed by atoms with van der Waals surface area (Å²) >= 11 is 1.65. The van der Waals surface area contributed by atoms with E-state index >= 15 is 0 Å². The van der Waals surface area contributed by atoms with Crippen LogP contribution in [-0.2, 0) is 11.2 Å². The fraction of sp³-hybridized carbons (Fsp3) is 0.174. The van der Waals surface area contributed by atoms with Crippen molar-refractivity contribution in [2.45, 2.75) is 29.6 Å². The summed E-state index contributed by atoms with van der Waals surface area (Å²) < 4.78 is 5.15. The minimum atomic E-state index is -0.307. The molecule has 0 saturated heterocycles. The lowest BCUT2D eigenvalue weighted by Gasteiger charge is -2.09. The van der Waals surface area contributed by atoms with Gasteiger partial charge in [-0.1, -0.05) is 54.2 Å². The molecule has 0 amide bonds. The molecular weight excluding hydrogens is 354 g/mol. The number of nitrogens with one attached hydrogen (secondary N) is 1. The number of anilines is 1. The highest BCUT2D eigenvalue weighted by atomic mass is 32.2. The molecule has 0 aliphatic heterocycles. The van der Waals surface area contributed by atoms with E-state index < -0.39 is 0 Å². The number of hydrogen-bond donors (Lipinski definition) is 1. The number of carbonyl (C=O) groups is 1. The molecule has 3 aromatic carbocycles. The summed E-state index contributed by atoms with van der Waals surface area (Å²) in [7, 11) is 0. The van der Waals surface area contributed by atoms with Gasteiger partial charge in [-0.25, -0.2) is 0 Å². The van der Waals surface area contributed by atoms with Crippen molar-refractivity contribution in [3.05, 3.63) is 84.4 Å². The molecule has 0 spiro atoms. The molecule has 0 aliphatic carbocycles. The second-order valence-electron chi connectivity index (χ2n) is 6.21. The van der Waals surface area contributed by atoms with E-state index in [-0.39, 0.29) is 5.97 Å². The Morgan fingerprint density at radius 3 is 2.44 bits per heavy atom. The lowest BCUT2D eigenvalue weighted by Crippen LogP contribution is -2.02. The first-order chi connectivity index (χ1) is 13.2. The zero-order chi connectivity index (χ0) is 18.9. The molecule has 138 valence electrons. The molecule has 27 heavy (non-hydrogen) atoms. The van der Waals surface area contributed by atoms with E-state index in [9.17, 15) is 4.79 Å². The van der Waals surface area contributed by atoms with E-state index in [0.717, 1.165) is 34.9 Å². The van der Waals surface area contributed by atoms with Crippen molar-refractivity contribution in [1.29, 1.82) is 0 Å². The number of hydrogen-bond acceptors (Lipinski definition) is 4. The van der Waals surface area contributed by atoms with Gasteiger partial charge in [0.15, 0.2) is 0 Å². The molecule has 0 atom stereocenters. The van der Waals surface area contributed by atoms with Gasteiger partial charge in [0.1, 0.15) is 5.75 Å². The predicted octanol–water partition coefficient (Wildman–Crippen LogP) is 5.81. The Morgan fingerprint density at radius 1 is 0.926 bits per heavy atom. The summed E-state index contributed by atoms with van der Waals surface area (Å²) in [5.41, 5.74) is 2.49. The first kappa shape index (κ1) is 19.1. The van der Waals surface area contributed by atoms with Crippen LogP contribution >= 0.6 is 11.8 Å². The Morgan fingerprint density at radius 2 is 1.67 bits per heavy atom. The Bertz CT molecular complexity index is 880. The first-order valence-corrected chi connectivity index (χ1v) is 9.85. The Labute approximate surface area is 164 Å². The molecule has 3 aromatic rings. The third-order valence-corrected chi connectivity index (χ3v) is 4.93. The van der Waals surface area contributed by atoms with Crippen LogP contribution in [0.3, 0.4) is 0 Å². The molecular formula is C23H23NO2S. The minimum absolute atomic E-state index is 0.307. The van der Waals surface area contributed by atoms with Crippen molar-refractivity contribution in [3.63, 3.8) is 0 Å². The monoisotopic (exact) mass is 377 g/mol. The van der Waals surface area contributed by atoms with Crippen molar-refractivity contribution in [2.75, 3.05) is 11.9 Å². The van der Waals surface area contributed by atoms with Crippen molar-refractivity contribution in [3.8, 4) is 5.75 Å². The van der Waals surface area contributed by atoms with Crippen molar-refractivity contribution >= 4 is 23.4 Å². The van der Waals surface area contributed by atoms with Crippen molar-refractivity contribution in [1.82, 2.24) is 0 Å². The highest BCUT2D eigenvalue weighted by Crippen LogP contribution is 2.31. The second-order valence-corrected chi connectivity index (χ2v) is 7.36. The van der Waals surface area contributed by atoms with Crippen LogP contribution in [0.15, 0.2) is 88.7 Å². The molecule has 3 rings (SSSR count). The van der Waals surface area contributed by atoms with E-state index in [2.05, 4.69) is 53.8 Å². The smallest absolute Gasteiger partial charge is 0.308 e. The lowest BCUT2D eigenvalue weighted by molar-refractivity contribution is -0.131. The van der Waals surface area contributed by atoms with E-state index in [0.29, 0.717) is 5.75 Å². The number of esters is 1. The van der Waals surface area contributed by atoms with Gasteiger partial charge in [-0.05, 0) is 54.8 Å². The molecule has 0 radical (unpaired) electrons. The van der Waals surface area contributed by atoms with Gasteiger partial charge in [0.25, 0.3) is 0 Å². The maximum atomic E-state index is 11.1. The third kappa shape index (κ3) is 6.50. The summed E-state index contributed by atoms with van der Waals surface area (Å²) in [5, 5.41) is 3.50. The third-order valence-electron chi connectivity index (χ3n) is 3.95. The molecule has 4 heteroatoms. The van der Waals surface area contributed by atoms with Gasteiger partial charge >= 0.3 is 5.97 Å². The van der Waals surface area contributed by atoms with Crippen LogP contribution in [0.5, 0.6) is 5.75 Å². The molecule has 1 N–H and O–H groups in total. The molecule has 0 bridgehead atoms. The van der Waals surface area contributed by atoms with E-state index in [1.54, 1.807) is 17.8 Å². The topological polar surface area (TPSA) is 38.3 Å². The van der Waals surface area contributed by atoms with Gasteiger partial charge in [0.05, 0.1) is 0 Å². The summed E-state index contributed by atoms with van der Waals surface area (Å²) in [6, 6.07) is 26.5. The maximum Gasteiger partial charge on any atom is 0.308 e. The van der Waals surface area contributed by atoms with Gasteiger partial charge < -0.3 is 10.1 Å². The zero-order valence-corrected chi connectivity index (χ0v) is 16.2. The zero-order valence-electron chi connectivity index (χ0n) is 15.4. The van der Waals surface area contributed by atoms with Crippen LogP contribution in [0.2, 0.25) is 0 Å². The van der Waals surface area contributed by atoms with Crippen LogP contribution in [0.4, 0.5) is 5.69 Å². The average Bonchev–Trinajstić information content (AvgIpc) is 2.66. The van der Waals surface area contributed by atoms with Gasteiger partial charge in [0.2, 0.25) is 0 Å². The average molecular weight is 378 g/mol. The minimum Gasteiger partial charge on any atom is -0.427 e. The molecule has 0 aliphatic rings. The molecule has 0 fully saturated rings. The van der Waals surface area contributed by atoms with Crippen LogP contribution < -0.4 is 10.1 Å². The normalized spacial score (nSPS) is 10.4. The number of aryl methyl sites for hydroxylation is 1. The number of benzene rings is 3. The molecule has 0 saturated carbocycles. The van der Waals surface area contributed by atoms with Gasteiger partial charge in [0, 0.05) is 28.9 Å². The molecule has 0 heterocycles. The van der Waals surface area contributed by atoms with Crippen LogP contribution in [0, 0.1) is 0 Å². The summed E-state index contributed by atoms with van der Waals surface area (Å²) in [6.07, 6.45) is 2.16. The van der Waals surface area contributed by atoms with Crippen LogP contribution in [0.1, 0.15) is 18.9 Å². The maximum absolute atomic E-state index is 11.1. The van der Waals surface area contributed by atoms with Gasteiger partial charge in [-0.15, -0.1) is 0 Å². The predicted molar refractivity (Wildman–Crippen MR) is 112 cm³/mol. The lowest BCUT2D eigenvalue weighted by atomic mass is 10.1. The Balaban J connectivity index is 1.53. The van der Waals surface area contributed by atoms with Crippen LogP contribution in [0.25, 0.3) is 0 Å². The fourth-order valence-corrected chi connectivity index (χ4v) is 3.67. The van der Waals surface area contributed by atoms with E-state index in [1.807, 2.05) is 24.3 Å². The SMILES string of the molecule is CC(=O)Oc1cccc(Sc2cccc(NCCCc3ccccc3)c2)c1. The summed E-state index contributed by atoms with van der Waals surface area (Å²) in [6.45, 7) is 2.34. The Hall–Kier alpha value is -2.72. The number of ether oxygens (including phenoxy) is 1. The number of rotatable bonds is 8.